The summed E-state index contributed by atoms with van der Waals surface area (Å²) in [7, 11) is 1.99. The molecule has 0 spiro atoms. The van der Waals surface area contributed by atoms with E-state index in [0.29, 0.717) is 0 Å². The van der Waals surface area contributed by atoms with Crippen LogP contribution < -0.4 is 5.73 Å². The van der Waals surface area contributed by atoms with Crippen LogP contribution in [0.15, 0.2) is 28.9 Å². The van der Waals surface area contributed by atoms with Crippen LogP contribution in [0.5, 0.6) is 0 Å². The van der Waals surface area contributed by atoms with Crippen LogP contribution >= 0.6 is 15.9 Å². The number of nitrogens with zero attached hydrogens (tertiary/aromatic N) is 1. The summed E-state index contributed by atoms with van der Waals surface area (Å²) >= 11 is 3.42. The average molecular weight is 225 g/mol. The van der Waals surface area contributed by atoms with Crippen molar-refractivity contribution in [1.29, 1.82) is 0 Å². The van der Waals surface area contributed by atoms with E-state index in [1.54, 1.807) is 0 Å². The first-order valence-corrected chi connectivity index (χ1v) is 4.48. The number of nitrogens with two attached hydrogens (primary N) is 1. The molecule has 0 aliphatic heterocycles. The summed E-state index contributed by atoms with van der Waals surface area (Å²) < 4.78 is 3.10. The molecule has 0 aliphatic rings. The Labute approximate surface area is 79.1 Å². The Morgan fingerprint density at radius 2 is 2.17 bits per heavy atom. The molecule has 0 saturated heterocycles. The Kier molecular flexibility index (Phi) is 1.61. The van der Waals surface area contributed by atoms with Gasteiger partial charge in [-0.25, -0.2) is 0 Å². The van der Waals surface area contributed by atoms with E-state index < -0.39 is 0 Å². The number of fused-ring (bicyclic) bond motifs is 1. The van der Waals surface area contributed by atoms with Crippen molar-refractivity contribution in [1.82, 2.24) is 4.57 Å². The molecule has 1 aromatic heterocycles. The topological polar surface area (TPSA) is 30.9 Å². The Morgan fingerprint density at radius 3 is 2.92 bits per heavy atom. The maximum atomic E-state index is 5.79. The summed E-state index contributed by atoms with van der Waals surface area (Å²) in [5.74, 6) is 0. The van der Waals surface area contributed by atoms with Crippen LogP contribution in [0, 0.1) is 0 Å². The highest BCUT2D eigenvalue weighted by atomic mass is 79.9. The molecule has 2 nitrogen and oxygen atoms in total. The Hall–Kier alpha value is -0.960. The normalized spacial score (nSPS) is 10.8. The molecule has 0 radical (unpaired) electrons. The molecule has 0 aliphatic carbocycles. The van der Waals surface area contributed by atoms with Crippen molar-refractivity contribution in [2.75, 3.05) is 5.73 Å². The zero-order chi connectivity index (χ0) is 8.72. The van der Waals surface area contributed by atoms with E-state index in [-0.39, 0.29) is 0 Å². The van der Waals surface area contributed by atoms with Gasteiger partial charge in [-0.05, 0) is 18.2 Å². The number of benzene rings is 1. The summed E-state index contributed by atoms with van der Waals surface area (Å²) in [6.07, 6.45) is 1.93. The molecule has 2 aromatic rings. The van der Waals surface area contributed by atoms with Gasteiger partial charge in [0.25, 0.3) is 0 Å². The molecule has 2 rings (SSSR count). The molecule has 62 valence electrons. The Morgan fingerprint density at radius 1 is 1.42 bits per heavy atom. The van der Waals surface area contributed by atoms with Crippen molar-refractivity contribution >= 4 is 32.5 Å². The van der Waals surface area contributed by atoms with Gasteiger partial charge in [0.15, 0.2) is 0 Å². The lowest BCUT2D eigenvalue weighted by Gasteiger charge is -1.95. The van der Waals surface area contributed by atoms with Crippen LogP contribution in [-0.4, -0.2) is 4.57 Å². The lowest BCUT2D eigenvalue weighted by atomic mass is 10.2. The van der Waals surface area contributed by atoms with Crippen LogP contribution in [0.1, 0.15) is 0 Å². The monoisotopic (exact) mass is 224 g/mol. The number of nitrogen functional groups attached to an aromatic ring is 1. The molecule has 1 aromatic carbocycles. The fourth-order valence-corrected chi connectivity index (χ4v) is 1.74. The van der Waals surface area contributed by atoms with Gasteiger partial charge in [-0.2, -0.15) is 0 Å². The van der Waals surface area contributed by atoms with Crippen molar-refractivity contribution < 1.29 is 0 Å². The van der Waals surface area contributed by atoms with Crippen molar-refractivity contribution in [2.45, 2.75) is 0 Å². The number of aromatic nitrogens is 1. The molecule has 3 heteroatoms. The largest absolute Gasteiger partial charge is 0.397 e. The van der Waals surface area contributed by atoms with E-state index in [1.807, 2.05) is 29.9 Å². The molecule has 0 bridgehead atoms. The molecule has 0 atom stereocenters. The van der Waals surface area contributed by atoms with Crippen LogP contribution in [0.3, 0.4) is 0 Å². The fraction of sp³-hybridized carbons (Fsp3) is 0.111. The van der Waals surface area contributed by atoms with Crippen molar-refractivity contribution in [2.24, 2.45) is 7.05 Å². The average Bonchev–Trinajstić information content (AvgIpc) is 2.28. The molecule has 2 N–H and O–H groups in total. The molecular formula is C9H9BrN2. The smallest absolute Gasteiger partial charge is 0.0573 e. The minimum Gasteiger partial charge on any atom is -0.397 e. The van der Waals surface area contributed by atoms with E-state index in [9.17, 15) is 0 Å². The van der Waals surface area contributed by atoms with Gasteiger partial charge in [0, 0.05) is 23.1 Å². The van der Waals surface area contributed by atoms with Gasteiger partial charge < -0.3 is 10.3 Å². The minimum atomic E-state index is 0.833. The highest BCUT2D eigenvalue weighted by Crippen LogP contribution is 2.25. The second kappa shape index (κ2) is 2.52. The minimum absolute atomic E-state index is 0.833. The predicted octanol–water partition coefficient (Wildman–Crippen LogP) is 2.52. The zero-order valence-electron chi connectivity index (χ0n) is 6.71. The number of hydrogen-bond donors (Lipinski definition) is 1. The van der Waals surface area contributed by atoms with E-state index in [1.165, 1.54) is 0 Å². The molecule has 1 heterocycles. The third-order valence-corrected chi connectivity index (χ3v) is 2.48. The number of halogens is 1. The highest BCUT2D eigenvalue weighted by molar-refractivity contribution is 9.10. The fourth-order valence-electron chi connectivity index (χ4n) is 1.39. The quantitative estimate of drug-likeness (QED) is 0.733. The van der Waals surface area contributed by atoms with Crippen LogP contribution in [-0.2, 0) is 7.05 Å². The molecule has 0 fully saturated rings. The summed E-state index contributed by atoms with van der Waals surface area (Å²) in [4.78, 5) is 0. The number of rotatable bonds is 0. The van der Waals surface area contributed by atoms with Gasteiger partial charge in [0.2, 0.25) is 0 Å². The standard InChI is InChI=1S/C9H9BrN2/c1-12-5-8(11)7-3-2-6(10)4-9(7)12/h2-5H,11H2,1H3. The Balaban J connectivity index is 2.90. The van der Waals surface area contributed by atoms with Crippen LogP contribution in [0.4, 0.5) is 5.69 Å². The van der Waals surface area contributed by atoms with E-state index >= 15 is 0 Å². The third kappa shape index (κ3) is 1.01. The van der Waals surface area contributed by atoms with Gasteiger partial charge in [0.05, 0.1) is 11.2 Å². The molecule has 12 heavy (non-hydrogen) atoms. The summed E-state index contributed by atoms with van der Waals surface area (Å²) in [6, 6.07) is 6.08. The Bertz CT molecular complexity index is 431. The SMILES string of the molecule is Cn1cc(N)c2ccc(Br)cc21. The van der Waals surface area contributed by atoms with Gasteiger partial charge in [-0.15, -0.1) is 0 Å². The second-order valence-corrected chi connectivity index (χ2v) is 3.77. The third-order valence-electron chi connectivity index (χ3n) is 1.98. The summed E-state index contributed by atoms with van der Waals surface area (Å²) in [5, 5.41) is 1.11. The maximum absolute atomic E-state index is 5.79. The predicted molar refractivity (Wildman–Crippen MR) is 55.0 cm³/mol. The van der Waals surface area contributed by atoms with E-state index in [2.05, 4.69) is 22.0 Å². The second-order valence-electron chi connectivity index (χ2n) is 2.86. The molecule has 0 saturated carbocycles. The first-order valence-electron chi connectivity index (χ1n) is 3.68. The van der Waals surface area contributed by atoms with Gasteiger partial charge in [0.1, 0.15) is 0 Å². The van der Waals surface area contributed by atoms with Crippen LogP contribution in [0.2, 0.25) is 0 Å². The first kappa shape index (κ1) is 7.68. The number of aryl methyl sites for hydroxylation is 1. The molecule has 0 amide bonds. The van der Waals surface area contributed by atoms with E-state index in [0.717, 1.165) is 21.1 Å². The lowest BCUT2D eigenvalue weighted by Crippen LogP contribution is -1.82. The first-order chi connectivity index (χ1) is 5.68. The van der Waals surface area contributed by atoms with Crippen molar-refractivity contribution in [3.8, 4) is 0 Å². The highest BCUT2D eigenvalue weighted by Gasteiger charge is 2.02. The number of anilines is 1. The summed E-state index contributed by atoms with van der Waals surface area (Å²) in [5.41, 5.74) is 7.78. The lowest BCUT2D eigenvalue weighted by molar-refractivity contribution is 0.970. The summed E-state index contributed by atoms with van der Waals surface area (Å²) in [6.45, 7) is 0. The molecular weight excluding hydrogens is 216 g/mol. The molecule has 0 unspecified atom stereocenters. The van der Waals surface area contributed by atoms with Crippen LogP contribution in [0.25, 0.3) is 10.9 Å². The maximum Gasteiger partial charge on any atom is 0.0573 e. The van der Waals surface area contributed by atoms with Crippen molar-refractivity contribution in [3.63, 3.8) is 0 Å². The van der Waals surface area contributed by atoms with Gasteiger partial charge in [-0.3, -0.25) is 0 Å². The van der Waals surface area contributed by atoms with Crippen molar-refractivity contribution in [3.05, 3.63) is 28.9 Å². The number of hydrogen-bond acceptors (Lipinski definition) is 1. The van der Waals surface area contributed by atoms with Gasteiger partial charge in [-0.1, -0.05) is 15.9 Å². The van der Waals surface area contributed by atoms with Gasteiger partial charge >= 0.3 is 0 Å². The zero-order valence-corrected chi connectivity index (χ0v) is 8.30. The van der Waals surface area contributed by atoms with E-state index in [4.69, 9.17) is 5.73 Å².